The van der Waals surface area contributed by atoms with Crippen LogP contribution in [0.15, 0.2) is 30.3 Å². The summed E-state index contributed by atoms with van der Waals surface area (Å²) in [6, 6.07) is 9.11. The molecule has 0 fully saturated rings. The number of benzene rings is 1. The molecule has 1 atom stereocenters. The van der Waals surface area contributed by atoms with Crippen LogP contribution in [0.2, 0.25) is 0 Å². The molecule has 0 radical (unpaired) electrons. The minimum absolute atomic E-state index is 0.153. The van der Waals surface area contributed by atoms with Crippen LogP contribution in [0, 0.1) is 5.92 Å². The first kappa shape index (κ1) is 14.2. The van der Waals surface area contributed by atoms with Gasteiger partial charge in [-0.3, -0.25) is 4.79 Å². The van der Waals surface area contributed by atoms with Gasteiger partial charge >= 0.3 is 0 Å². The van der Waals surface area contributed by atoms with E-state index in [0.717, 1.165) is 0 Å². The van der Waals surface area contributed by atoms with Crippen molar-refractivity contribution in [1.29, 1.82) is 0 Å². The molecule has 0 aliphatic rings. The van der Waals surface area contributed by atoms with E-state index in [1.165, 1.54) is 0 Å². The van der Waals surface area contributed by atoms with Crippen LogP contribution in [0.25, 0.3) is 0 Å². The molecule has 0 bridgehead atoms. The molecule has 1 aromatic carbocycles. The zero-order valence-corrected chi connectivity index (χ0v) is 11.1. The average Bonchev–Trinajstić information content (AvgIpc) is 2.35. The Morgan fingerprint density at radius 1 is 1.35 bits per heavy atom. The van der Waals surface area contributed by atoms with E-state index in [4.69, 9.17) is 11.6 Å². The second-order valence-electron chi connectivity index (χ2n) is 4.50. The van der Waals surface area contributed by atoms with Crippen molar-refractivity contribution >= 4 is 17.4 Å². The highest BCUT2D eigenvalue weighted by Crippen LogP contribution is 2.31. The molecular weight excluding hydrogens is 236 g/mol. The van der Waals surface area contributed by atoms with Gasteiger partial charge < -0.3 is 5.11 Å². The van der Waals surface area contributed by atoms with Crippen LogP contribution in [-0.4, -0.2) is 16.8 Å². The first-order chi connectivity index (χ1) is 8.03. The normalized spacial score (nSPS) is 14.6. The van der Waals surface area contributed by atoms with Gasteiger partial charge in [-0.05, 0) is 17.9 Å². The lowest BCUT2D eigenvalue weighted by Gasteiger charge is -2.31. The molecule has 0 spiro atoms. The van der Waals surface area contributed by atoms with Gasteiger partial charge in [-0.1, -0.05) is 44.2 Å². The highest BCUT2D eigenvalue weighted by atomic mass is 35.5. The Hall–Kier alpha value is -0.860. The number of Topliss-reactive ketones (excluding diaryl/α,β-unsaturated/α-hetero) is 1. The molecule has 94 valence electrons. The van der Waals surface area contributed by atoms with Crippen LogP contribution in [-0.2, 0) is 10.4 Å². The van der Waals surface area contributed by atoms with Gasteiger partial charge in [0, 0.05) is 12.3 Å². The van der Waals surface area contributed by atoms with Crippen molar-refractivity contribution in [1.82, 2.24) is 0 Å². The molecule has 0 aliphatic carbocycles. The number of halogens is 1. The molecule has 3 heteroatoms. The Labute approximate surface area is 108 Å². The van der Waals surface area contributed by atoms with Gasteiger partial charge in [0.2, 0.25) is 0 Å². The third-order valence-electron chi connectivity index (χ3n) is 3.01. The van der Waals surface area contributed by atoms with E-state index in [2.05, 4.69) is 0 Å². The Morgan fingerprint density at radius 2 is 1.94 bits per heavy atom. The largest absolute Gasteiger partial charge is 0.377 e. The molecular formula is C14H19ClO2. The first-order valence-electron chi connectivity index (χ1n) is 5.90. The minimum Gasteiger partial charge on any atom is -0.377 e. The van der Waals surface area contributed by atoms with Crippen molar-refractivity contribution < 1.29 is 9.90 Å². The van der Waals surface area contributed by atoms with E-state index in [-0.39, 0.29) is 11.7 Å². The van der Waals surface area contributed by atoms with Crippen LogP contribution >= 0.6 is 11.6 Å². The fourth-order valence-electron chi connectivity index (χ4n) is 1.93. The summed E-state index contributed by atoms with van der Waals surface area (Å²) in [5, 5.41) is 10.7. The van der Waals surface area contributed by atoms with Crippen molar-refractivity contribution in [3.05, 3.63) is 35.9 Å². The molecule has 1 unspecified atom stereocenters. The maximum atomic E-state index is 12.2. The molecule has 0 heterocycles. The SMILES string of the molecule is CC(C)C(O)(C(=O)CCCCl)c1ccccc1. The molecule has 0 aliphatic heterocycles. The number of hydrogen-bond acceptors (Lipinski definition) is 2. The quantitative estimate of drug-likeness (QED) is 0.792. The van der Waals surface area contributed by atoms with Crippen LogP contribution in [0.1, 0.15) is 32.3 Å². The summed E-state index contributed by atoms with van der Waals surface area (Å²) in [4.78, 5) is 12.2. The van der Waals surface area contributed by atoms with Gasteiger partial charge in [0.25, 0.3) is 0 Å². The van der Waals surface area contributed by atoms with E-state index in [1.807, 2.05) is 32.0 Å². The van der Waals surface area contributed by atoms with Crippen LogP contribution < -0.4 is 0 Å². The predicted octanol–water partition coefficient (Wildman–Crippen LogP) is 3.12. The summed E-state index contributed by atoms with van der Waals surface area (Å²) < 4.78 is 0. The van der Waals surface area contributed by atoms with Crippen molar-refractivity contribution in [2.75, 3.05) is 5.88 Å². The van der Waals surface area contributed by atoms with E-state index >= 15 is 0 Å². The Morgan fingerprint density at radius 3 is 2.41 bits per heavy atom. The predicted molar refractivity (Wildman–Crippen MR) is 70.1 cm³/mol. The standard InChI is InChI=1S/C14H19ClO2/c1-11(2)14(17,13(16)9-6-10-15)12-7-4-3-5-8-12/h3-5,7-8,11,17H,6,9-10H2,1-2H3. The Bertz CT molecular complexity index is 362. The molecule has 1 rings (SSSR count). The summed E-state index contributed by atoms with van der Waals surface area (Å²) in [6.45, 7) is 3.71. The summed E-state index contributed by atoms with van der Waals surface area (Å²) in [5.41, 5.74) is -0.734. The van der Waals surface area contributed by atoms with Crippen molar-refractivity contribution in [3.63, 3.8) is 0 Å². The lowest BCUT2D eigenvalue weighted by molar-refractivity contribution is -0.143. The number of hydrogen-bond donors (Lipinski definition) is 1. The highest BCUT2D eigenvalue weighted by molar-refractivity contribution is 6.18. The first-order valence-corrected chi connectivity index (χ1v) is 6.44. The maximum Gasteiger partial charge on any atom is 0.169 e. The third-order valence-corrected chi connectivity index (χ3v) is 3.28. The number of alkyl halides is 1. The monoisotopic (exact) mass is 254 g/mol. The number of rotatable bonds is 6. The molecule has 0 saturated heterocycles. The number of ketones is 1. The molecule has 0 amide bonds. The van der Waals surface area contributed by atoms with Crippen LogP contribution in [0.3, 0.4) is 0 Å². The minimum atomic E-state index is -1.40. The van der Waals surface area contributed by atoms with Crippen molar-refractivity contribution in [2.45, 2.75) is 32.3 Å². The van der Waals surface area contributed by atoms with Crippen molar-refractivity contribution in [2.24, 2.45) is 5.92 Å². The Balaban J connectivity index is 3.02. The van der Waals surface area contributed by atoms with Gasteiger partial charge in [0.05, 0.1) is 0 Å². The number of carbonyl (C=O) groups is 1. The van der Waals surface area contributed by atoms with Gasteiger partial charge in [0.15, 0.2) is 5.78 Å². The Kier molecular flexibility index (Phi) is 5.16. The third kappa shape index (κ3) is 3.08. The molecule has 1 aromatic rings. The van der Waals surface area contributed by atoms with E-state index in [0.29, 0.717) is 24.3 Å². The van der Waals surface area contributed by atoms with E-state index < -0.39 is 5.60 Å². The summed E-state index contributed by atoms with van der Waals surface area (Å²) in [6.07, 6.45) is 0.912. The van der Waals surface area contributed by atoms with Gasteiger partial charge in [0.1, 0.15) is 5.60 Å². The second-order valence-corrected chi connectivity index (χ2v) is 4.88. The summed E-state index contributed by atoms with van der Waals surface area (Å²) in [7, 11) is 0. The summed E-state index contributed by atoms with van der Waals surface area (Å²) in [5.74, 6) is 0.126. The fraction of sp³-hybridized carbons (Fsp3) is 0.500. The lowest BCUT2D eigenvalue weighted by atomic mass is 9.78. The van der Waals surface area contributed by atoms with Gasteiger partial charge in [-0.15, -0.1) is 11.6 Å². The average molecular weight is 255 g/mol. The van der Waals surface area contributed by atoms with Crippen molar-refractivity contribution in [3.8, 4) is 0 Å². The van der Waals surface area contributed by atoms with E-state index in [9.17, 15) is 9.90 Å². The maximum absolute atomic E-state index is 12.2. The lowest BCUT2D eigenvalue weighted by Crippen LogP contribution is -2.40. The van der Waals surface area contributed by atoms with E-state index in [1.54, 1.807) is 12.1 Å². The summed E-state index contributed by atoms with van der Waals surface area (Å²) >= 11 is 5.59. The number of carbonyl (C=O) groups excluding carboxylic acids is 1. The molecule has 0 aromatic heterocycles. The van der Waals surface area contributed by atoms with Gasteiger partial charge in [-0.2, -0.15) is 0 Å². The second kappa shape index (κ2) is 6.18. The highest BCUT2D eigenvalue weighted by Gasteiger charge is 2.39. The van der Waals surface area contributed by atoms with Gasteiger partial charge in [-0.25, -0.2) is 0 Å². The number of aliphatic hydroxyl groups is 1. The molecule has 2 nitrogen and oxygen atoms in total. The molecule has 0 saturated carbocycles. The topological polar surface area (TPSA) is 37.3 Å². The zero-order valence-electron chi connectivity index (χ0n) is 10.3. The fourth-order valence-corrected chi connectivity index (χ4v) is 2.06. The zero-order chi connectivity index (χ0) is 12.9. The molecule has 17 heavy (non-hydrogen) atoms. The van der Waals surface area contributed by atoms with Crippen LogP contribution in [0.5, 0.6) is 0 Å². The molecule has 1 N–H and O–H groups in total. The smallest absolute Gasteiger partial charge is 0.169 e. The van der Waals surface area contributed by atoms with Crippen LogP contribution in [0.4, 0.5) is 0 Å².